The van der Waals surface area contributed by atoms with E-state index in [-0.39, 0.29) is 11.3 Å². The Bertz CT molecular complexity index is 320. The lowest BCUT2D eigenvalue weighted by atomic mass is 9.98. The maximum Gasteiger partial charge on any atom is 0.327 e. The molecule has 0 radical (unpaired) electrons. The number of thioether (sulfide) groups is 1. The molecule has 2 aliphatic heterocycles. The van der Waals surface area contributed by atoms with Crippen molar-refractivity contribution in [2.45, 2.75) is 36.4 Å². The smallest absolute Gasteiger partial charge is 0.327 e. The van der Waals surface area contributed by atoms with Crippen molar-refractivity contribution < 1.29 is 16.1 Å². The first-order valence-corrected chi connectivity index (χ1v) is 4.89. The van der Waals surface area contributed by atoms with E-state index >= 15 is 0 Å². The molecule has 13 heavy (non-hydrogen) atoms. The second-order valence-electron chi connectivity index (χ2n) is 3.76. The second kappa shape index (κ2) is 2.41. The molecule has 1 amide bonds. The molecule has 2 fully saturated rings. The number of β-lactam (4-membered cyclic amide) rings is 1. The highest BCUT2D eigenvalue weighted by atomic mass is 32.2. The molecule has 0 aromatic carbocycles. The van der Waals surface area contributed by atoms with Gasteiger partial charge in [-0.15, -0.1) is 11.8 Å². The van der Waals surface area contributed by atoms with Crippen molar-refractivity contribution in [3.05, 3.63) is 0 Å². The van der Waals surface area contributed by atoms with E-state index in [4.69, 9.17) is 6.48 Å². The number of carboxylic acid groups (broad SMARTS) is 1. The minimum Gasteiger partial charge on any atom is -0.480 e. The normalized spacial score (nSPS) is 42.3. The Morgan fingerprint density at radius 1 is 1.85 bits per heavy atom. The van der Waals surface area contributed by atoms with E-state index in [1.165, 1.54) is 16.7 Å². The number of carbonyl (C=O) groups excluding carboxylic acids is 1. The number of amides is 1. The van der Waals surface area contributed by atoms with E-state index in [2.05, 4.69) is 0 Å². The Balaban J connectivity index is 2.32. The third-order valence-corrected chi connectivity index (χ3v) is 3.84. The Hall–Kier alpha value is -0.710. The molecule has 5 heteroatoms. The minimum absolute atomic E-state index is 0.265. The summed E-state index contributed by atoms with van der Waals surface area (Å²) in [6, 6.07) is -0.786. The standard InChI is InChI=1S/C8H11NO3S/c1-8(2)6(7(11)12)9-4(10)3-5(9)13-8/h5-6H,3H2,1-2H3,(H,11,12)/i3D. The van der Waals surface area contributed by atoms with Crippen LogP contribution in [0.5, 0.6) is 0 Å². The summed E-state index contributed by atoms with van der Waals surface area (Å²) in [7, 11) is 0. The molecule has 4 nitrogen and oxygen atoms in total. The lowest BCUT2D eigenvalue weighted by Gasteiger charge is -2.36. The molecule has 2 aliphatic rings. The number of hydrogen-bond donors (Lipinski definition) is 1. The number of carbonyl (C=O) groups is 2. The molecule has 0 saturated carbocycles. The summed E-state index contributed by atoms with van der Waals surface area (Å²) in [5.41, 5.74) is 0. The molecule has 3 unspecified atom stereocenters. The van der Waals surface area contributed by atoms with Gasteiger partial charge in [0.1, 0.15) is 6.04 Å². The predicted octanol–water partition coefficient (Wildman–Crippen LogP) is 0.523. The molecule has 0 spiro atoms. The molecular formula is C8H11NO3S. The molecule has 0 aromatic rings. The van der Waals surface area contributed by atoms with E-state index in [1.807, 2.05) is 0 Å². The molecule has 3 atom stereocenters. The van der Waals surface area contributed by atoms with Gasteiger partial charge in [0.2, 0.25) is 5.91 Å². The first-order chi connectivity index (χ1) is 6.36. The molecule has 2 heterocycles. The third-order valence-electron chi connectivity index (χ3n) is 2.41. The van der Waals surface area contributed by atoms with Crippen LogP contribution >= 0.6 is 11.8 Å². The SMILES string of the molecule is [2H]C1C(=O)N2C1SC(C)(C)C2C(=O)O. The van der Waals surface area contributed by atoms with Gasteiger partial charge in [0, 0.05) is 6.12 Å². The van der Waals surface area contributed by atoms with Crippen LogP contribution < -0.4 is 0 Å². The fourth-order valence-electron chi connectivity index (χ4n) is 1.82. The monoisotopic (exact) mass is 202 g/mol. The van der Waals surface area contributed by atoms with E-state index < -0.39 is 23.2 Å². The third kappa shape index (κ3) is 1.06. The summed E-state index contributed by atoms with van der Waals surface area (Å²) in [4.78, 5) is 23.6. The summed E-state index contributed by atoms with van der Waals surface area (Å²) in [5.74, 6) is -1.34. The van der Waals surface area contributed by atoms with Crippen LogP contribution in [0.4, 0.5) is 0 Å². The number of fused-ring (bicyclic) bond motifs is 1. The zero-order valence-corrected chi connectivity index (χ0v) is 8.17. The largest absolute Gasteiger partial charge is 0.480 e. The average molecular weight is 202 g/mol. The Morgan fingerprint density at radius 3 is 3.00 bits per heavy atom. The molecule has 0 aromatic heterocycles. The first kappa shape index (κ1) is 7.67. The van der Waals surface area contributed by atoms with Crippen molar-refractivity contribution in [3.8, 4) is 0 Å². The molecule has 1 N–H and O–H groups in total. The fourth-order valence-corrected chi connectivity index (χ4v) is 3.31. The van der Waals surface area contributed by atoms with Crippen LogP contribution in [0.3, 0.4) is 0 Å². The second-order valence-corrected chi connectivity index (χ2v) is 5.54. The summed E-state index contributed by atoms with van der Waals surface area (Å²) in [6.07, 6.45) is -0.774. The van der Waals surface area contributed by atoms with E-state index in [0.29, 0.717) is 0 Å². The molecule has 2 saturated heterocycles. The first-order valence-electron chi connectivity index (χ1n) is 4.59. The Kier molecular flexibility index (Phi) is 1.42. The van der Waals surface area contributed by atoms with Gasteiger partial charge >= 0.3 is 5.97 Å². The Labute approximate surface area is 81.7 Å². The van der Waals surface area contributed by atoms with Crippen molar-refractivity contribution >= 4 is 23.6 Å². The molecule has 72 valence electrons. The average Bonchev–Trinajstić information content (AvgIpc) is 2.34. The highest BCUT2D eigenvalue weighted by molar-refractivity contribution is 8.01. The van der Waals surface area contributed by atoms with Gasteiger partial charge in [-0.1, -0.05) is 0 Å². The van der Waals surface area contributed by atoms with Crippen LogP contribution in [0.2, 0.25) is 0 Å². The summed E-state index contributed by atoms with van der Waals surface area (Å²) < 4.78 is 6.95. The van der Waals surface area contributed by atoms with E-state index in [9.17, 15) is 9.59 Å². The number of nitrogens with zero attached hydrogens (tertiary/aromatic N) is 1. The van der Waals surface area contributed by atoms with Crippen molar-refractivity contribution in [1.29, 1.82) is 0 Å². The summed E-state index contributed by atoms with van der Waals surface area (Å²) >= 11 is 1.40. The highest BCUT2D eigenvalue weighted by Gasteiger charge is 2.58. The number of carboxylic acids is 1. The lowest BCUT2D eigenvalue weighted by Crippen LogP contribution is -2.56. The van der Waals surface area contributed by atoms with Gasteiger partial charge in [-0.3, -0.25) is 4.79 Å². The maximum atomic E-state index is 11.3. The van der Waals surface area contributed by atoms with Gasteiger partial charge in [0.25, 0.3) is 0 Å². The van der Waals surface area contributed by atoms with Gasteiger partial charge in [0.15, 0.2) is 0 Å². The van der Waals surface area contributed by atoms with Crippen LogP contribution in [0.25, 0.3) is 0 Å². The predicted molar refractivity (Wildman–Crippen MR) is 48.3 cm³/mol. The zero-order valence-electron chi connectivity index (χ0n) is 8.35. The van der Waals surface area contributed by atoms with Crippen molar-refractivity contribution in [3.63, 3.8) is 0 Å². The minimum atomic E-state index is -0.981. The number of aliphatic carboxylic acids is 1. The number of rotatable bonds is 1. The van der Waals surface area contributed by atoms with Crippen molar-refractivity contribution in [1.82, 2.24) is 4.90 Å². The van der Waals surface area contributed by atoms with E-state index in [0.717, 1.165) is 0 Å². The fraction of sp³-hybridized carbons (Fsp3) is 0.750. The molecular weight excluding hydrogens is 190 g/mol. The van der Waals surface area contributed by atoms with Crippen LogP contribution in [-0.2, 0) is 9.59 Å². The van der Waals surface area contributed by atoms with Crippen molar-refractivity contribution in [2.75, 3.05) is 0 Å². The van der Waals surface area contributed by atoms with Crippen LogP contribution in [0.1, 0.15) is 21.6 Å². The van der Waals surface area contributed by atoms with Gasteiger partial charge in [-0.2, -0.15) is 0 Å². The topological polar surface area (TPSA) is 57.6 Å². The highest BCUT2D eigenvalue weighted by Crippen LogP contribution is 2.50. The molecule has 0 aliphatic carbocycles. The van der Waals surface area contributed by atoms with E-state index in [1.54, 1.807) is 13.8 Å². The molecule has 0 bridgehead atoms. The van der Waals surface area contributed by atoms with Gasteiger partial charge in [-0.05, 0) is 13.8 Å². The Morgan fingerprint density at radius 2 is 2.46 bits per heavy atom. The summed E-state index contributed by atoms with van der Waals surface area (Å²) in [6.45, 7) is 3.60. The van der Waals surface area contributed by atoms with Crippen LogP contribution in [0.15, 0.2) is 0 Å². The lowest BCUT2D eigenvalue weighted by molar-refractivity contribution is -0.157. The maximum absolute atomic E-state index is 11.3. The van der Waals surface area contributed by atoms with Crippen molar-refractivity contribution in [2.24, 2.45) is 0 Å². The zero-order chi connectivity index (χ0) is 10.7. The van der Waals surface area contributed by atoms with Gasteiger partial charge in [-0.25, -0.2) is 4.79 Å². The van der Waals surface area contributed by atoms with Crippen LogP contribution in [0, 0.1) is 0 Å². The van der Waals surface area contributed by atoms with Gasteiger partial charge in [0.05, 0.1) is 11.8 Å². The van der Waals surface area contributed by atoms with Crippen LogP contribution in [-0.4, -0.2) is 38.0 Å². The quantitative estimate of drug-likeness (QED) is 0.630. The molecule has 2 rings (SSSR count). The number of hydrogen-bond acceptors (Lipinski definition) is 3. The van der Waals surface area contributed by atoms with Gasteiger partial charge < -0.3 is 10.0 Å². The summed E-state index contributed by atoms with van der Waals surface area (Å²) in [5, 5.41) is 8.74.